The molecule has 28 heavy (non-hydrogen) atoms. The van der Waals surface area contributed by atoms with Gasteiger partial charge in [0, 0.05) is 0 Å². The van der Waals surface area contributed by atoms with Crippen LogP contribution in [0.15, 0.2) is 0 Å². The van der Waals surface area contributed by atoms with E-state index in [1.165, 1.54) is 83.5 Å². The molecule has 0 unspecified atom stereocenters. The topological polar surface area (TPSA) is 52.6 Å². The molecule has 0 aromatic rings. The Morgan fingerprint density at radius 3 is 0.964 bits per heavy atom. The minimum atomic E-state index is -3.80. The van der Waals surface area contributed by atoms with Gasteiger partial charge >= 0.3 is 10.4 Å². The van der Waals surface area contributed by atoms with Gasteiger partial charge in [0.15, 0.2) is 0 Å². The predicted molar refractivity (Wildman–Crippen MR) is 120 cm³/mol. The molecule has 0 aliphatic rings. The zero-order valence-corrected chi connectivity index (χ0v) is 19.7. The highest BCUT2D eigenvalue weighted by molar-refractivity contribution is 7.81. The van der Waals surface area contributed by atoms with Crippen LogP contribution in [0.4, 0.5) is 0 Å². The van der Waals surface area contributed by atoms with Gasteiger partial charge < -0.3 is 0 Å². The average molecular weight is 421 g/mol. The Bertz CT molecular complexity index is 395. The fourth-order valence-electron chi connectivity index (χ4n) is 3.36. The first kappa shape index (κ1) is 27.9. The molecule has 0 amide bonds. The molecule has 0 N–H and O–H groups in total. The molecule has 0 rings (SSSR count). The third kappa shape index (κ3) is 22.2. The first-order valence-corrected chi connectivity index (χ1v) is 13.5. The molecule has 0 saturated carbocycles. The summed E-state index contributed by atoms with van der Waals surface area (Å²) < 4.78 is 33.2. The molecule has 0 aromatic carbocycles. The summed E-state index contributed by atoms with van der Waals surface area (Å²) >= 11 is 0. The maximum atomic E-state index is 11.7. The summed E-state index contributed by atoms with van der Waals surface area (Å²) in [5.41, 5.74) is 0. The monoisotopic (exact) mass is 420 g/mol. The van der Waals surface area contributed by atoms with Crippen LogP contribution in [0.2, 0.25) is 0 Å². The van der Waals surface area contributed by atoms with Gasteiger partial charge in [-0.25, -0.2) is 8.37 Å². The van der Waals surface area contributed by atoms with Gasteiger partial charge in [0.1, 0.15) is 0 Å². The quantitative estimate of drug-likeness (QED) is 0.159. The molecule has 5 heteroatoms. The maximum absolute atomic E-state index is 11.7. The molecule has 4 nitrogen and oxygen atoms in total. The van der Waals surface area contributed by atoms with Crippen LogP contribution in [0.5, 0.6) is 0 Å². The Morgan fingerprint density at radius 2 is 0.679 bits per heavy atom. The maximum Gasteiger partial charge on any atom is 0.399 e. The van der Waals surface area contributed by atoms with Crippen LogP contribution in [0, 0.1) is 0 Å². The van der Waals surface area contributed by atoms with E-state index < -0.39 is 10.4 Å². The lowest BCUT2D eigenvalue weighted by atomic mass is 10.1. The van der Waals surface area contributed by atoms with E-state index in [-0.39, 0.29) is 13.2 Å². The molecule has 0 spiro atoms. The van der Waals surface area contributed by atoms with Crippen molar-refractivity contribution in [2.75, 3.05) is 13.2 Å². The lowest BCUT2D eigenvalue weighted by Gasteiger charge is -2.06. The Labute approximate surface area is 176 Å². The minimum absolute atomic E-state index is 0.246. The third-order valence-corrected chi connectivity index (χ3v) is 6.11. The Hall–Kier alpha value is -0.130. The van der Waals surface area contributed by atoms with Crippen LogP contribution in [-0.2, 0) is 18.8 Å². The van der Waals surface area contributed by atoms with E-state index in [4.69, 9.17) is 8.37 Å². The highest BCUT2D eigenvalue weighted by Gasteiger charge is 2.11. The Kier molecular flexibility index (Phi) is 21.5. The van der Waals surface area contributed by atoms with E-state index in [1.807, 2.05) is 0 Å². The van der Waals surface area contributed by atoms with Gasteiger partial charge in [0.05, 0.1) is 13.2 Å². The summed E-state index contributed by atoms with van der Waals surface area (Å²) in [5.74, 6) is 0. The molecule has 0 bridgehead atoms. The van der Waals surface area contributed by atoms with Crippen molar-refractivity contribution in [2.45, 2.75) is 136 Å². The van der Waals surface area contributed by atoms with Crippen LogP contribution in [-0.4, -0.2) is 21.6 Å². The van der Waals surface area contributed by atoms with Gasteiger partial charge in [-0.15, -0.1) is 0 Å². The van der Waals surface area contributed by atoms with Crippen molar-refractivity contribution in [2.24, 2.45) is 0 Å². The van der Waals surface area contributed by atoms with Crippen molar-refractivity contribution in [3.63, 3.8) is 0 Å². The normalized spacial score (nSPS) is 11.9. The van der Waals surface area contributed by atoms with E-state index in [0.29, 0.717) is 0 Å². The number of hydrogen-bond acceptors (Lipinski definition) is 4. The Morgan fingerprint density at radius 1 is 0.429 bits per heavy atom. The highest BCUT2D eigenvalue weighted by Crippen LogP contribution is 2.12. The van der Waals surface area contributed by atoms with E-state index in [2.05, 4.69) is 13.8 Å². The lowest BCUT2D eigenvalue weighted by Crippen LogP contribution is -2.12. The molecule has 0 aliphatic carbocycles. The van der Waals surface area contributed by atoms with Gasteiger partial charge in [0.25, 0.3) is 0 Å². The Balaban J connectivity index is 3.33. The van der Waals surface area contributed by atoms with Crippen LogP contribution in [0.3, 0.4) is 0 Å². The summed E-state index contributed by atoms with van der Waals surface area (Å²) in [6, 6.07) is 0. The zero-order valence-electron chi connectivity index (χ0n) is 18.9. The summed E-state index contributed by atoms with van der Waals surface area (Å²) in [6.07, 6.45) is 23.0. The van der Waals surface area contributed by atoms with E-state index in [1.54, 1.807) is 0 Å². The lowest BCUT2D eigenvalue weighted by molar-refractivity contribution is 0.208. The smallest absolute Gasteiger partial charge is 0.248 e. The number of hydrogen-bond donors (Lipinski definition) is 0. The first-order chi connectivity index (χ1) is 13.6. The SMILES string of the molecule is CCCCCCCCCCCCOS(=O)(=O)OCCCCCCCCCCC. The third-order valence-electron chi connectivity index (χ3n) is 5.20. The van der Waals surface area contributed by atoms with Crippen molar-refractivity contribution >= 4 is 10.4 Å². The molecule has 0 fully saturated rings. The molecule has 0 saturated heterocycles. The number of rotatable bonds is 23. The second-order valence-electron chi connectivity index (χ2n) is 8.06. The fourth-order valence-corrected chi connectivity index (χ4v) is 4.07. The van der Waals surface area contributed by atoms with Crippen LogP contribution < -0.4 is 0 Å². The van der Waals surface area contributed by atoms with Gasteiger partial charge in [-0.05, 0) is 12.8 Å². The second-order valence-corrected chi connectivity index (χ2v) is 9.35. The molecule has 0 aliphatic heterocycles. The summed E-state index contributed by atoms with van der Waals surface area (Å²) in [7, 11) is -3.80. The zero-order chi connectivity index (χ0) is 20.8. The van der Waals surface area contributed by atoms with Gasteiger partial charge in [-0.3, -0.25) is 0 Å². The van der Waals surface area contributed by atoms with Crippen molar-refractivity contribution in [3.05, 3.63) is 0 Å². The van der Waals surface area contributed by atoms with Crippen molar-refractivity contribution in [1.29, 1.82) is 0 Å². The van der Waals surface area contributed by atoms with Crippen LogP contribution in [0.1, 0.15) is 136 Å². The highest BCUT2D eigenvalue weighted by atomic mass is 32.3. The van der Waals surface area contributed by atoms with E-state index >= 15 is 0 Å². The van der Waals surface area contributed by atoms with Crippen molar-refractivity contribution in [3.8, 4) is 0 Å². The summed E-state index contributed by atoms with van der Waals surface area (Å²) in [4.78, 5) is 0. The largest absolute Gasteiger partial charge is 0.399 e. The standard InChI is InChI=1S/C23H48O4S/c1-3-5-7-9-11-13-15-17-19-21-23-27-28(24,25)26-22-20-18-16-14-12-10-8-6-4-2/h3-23H2,1-2H3. The van der Waals surface area contributed by atoms with Gasteiger partial charge in [0.2, 0.25) is 0 Å². The second kappa shape index (κ2) is 21.6. The summed E-state index contributed by atoms with van der Waals surface area (Å²) in [6.45, 7) is 4.96. The van der Waals surface area contributed by atoms with Crippen LogP contribution in [0.25, 0.3) is 0 Å². The van der Waals surface area contributed by atoms with E-state index in [0.717, 1.165) is 38.5 Å². The molecular weight excluding hydrogens is 372 g/mol. The molecule has 0 radical (unpaired) electrons. The van der Waals surface area contributed by atoms with Crippen LogP contribution >= 0.6 is 0 Å². The molecule has 0 aromatic heterocycles. The number of unbranched alkanes of at least 4 members (excludes halogenated alkanes) is 17. The summed E-state index contributed by atoms with van der Waals surface area (Å²) in [5, 5.41) is 0. The van der Waals surface area contributed by atoms with Gasteiger partial charge in [-0.1, -0.05) is 123 Å². The van der Waals surface area contributed by atoms with Crippen molar-refractivity contribution in [1.82, 2.24) is 0 Å². The molecule has 0 heterocycles. The predicted octanol–water partition coefficient (Wildman–Crippen LogP) is 7.72. The van der Waals surface area contributed by atoms with E-state index in [9.17, 15) is 8.42 Å². The molecule has 170 valence electrons. The first-order valence-electron chi connectivity index (χ1n) is 12.2. The van der Waals surface area contributed by atoms with Crippen molar-refractivity contribution < 1.29 is 16.8 Å². The molecular formula is C23H48O4S. The fraction of sp³-hybridized carbons (Fsp3) is 1.00. The average Bonchev–Trinajstić information content (AvgIpc) is 2.67. The minimum Gasteiger partial charge on any atom is -0.248 e. The van der Waals surface area contributed by atoms with Gasteiger partial charge in [-0.2, -0.15) is 8.42 Å². The molecule has 0 atom stereocenters.